The Morgan fingerprint density at radius 2 is 2.00 bits per heavy atom. The molecule has 0 aromatic carbocycles. The molecule has 110 valence electrons. The van der Waals surface area contributed by atoms with Crippen LogP contribution in [0.3, 0.4) is 0 Å². The summed E-state index contributed by atoms with van der Waals surface area (Å²) in [6, 6.07) is 0. The fourth-order valence-electron chi connectivity index (χ4n) is 6.24. The number of hydrogen-bond acceptors (Lipinski definition) is 1. The first-order valence-corrected chi connectivity index (χ1v) is 8.82. The van der Waals surface area contributed by atoms with Crippen LogP contribution in [0.1, 0.15) is 65.2 Å². The van der Waals surface area contributed by atoms with Crippen molar-refractivity contribution < 1.29 is 4.79 Å². The number of carbonyl (C=O) groups is 1. The molecule has 4 aliphatic rings. The van der Waals surface area contributed by atoms with Crippen LogP contribution in [0.25, 0.3) is 0 Å². The number of fused-ring (bicyclic) bond motifs is 5. The average Bonchev–Trinajstić information content (AvgIpc) is 2.74. The van der Waals surface area contributed by atoms with E-state index >= 15 is 0 Å². The molecule has 20 heavy (non-hydrogen) atoms. The van der Waals surface area contributed by atoms with Crippen molar-refractivity contribution >= 4 is 5.78 Å². The second-order valence-electron chi connectivity index (χ2n) is 8.36. The van der Waals surface area contributed by atoms with Crippen LogP contribution in [0.4, 0.5) is 0 Å². The van der Waals surface area contributed by atoms with Gasteiger partial charge in [0.15, 0.2) is 0 Å². The van der Waals surface area contributed by atoms with Crippen LogP contribution in [0.15, 0.2) is 11.6 Å². The summed E-state index contributed by atoms with van der Waals surface area (Å²) in [5.74, 6) is 4.79. The number of ketones is 1. The van der Waals surface area contributed by atoms with Gasteiger partial charge in [-0.1, -0.05) is 25.5 Å². The van der Waals surface area contributed by atoms with E-state index in [-0.39, 0.29) is 5.41 Å². The van der Waals surface area contributed by atoms with Crippen LogP contribution in [-0.4, -0.2) is 5.78 Å². The molecule has 0 saturated heterocycles. The van der Waals surface area contributed by atoms with Crippen LogP contribution in [0, 0.1) is 35.0 Å². The van der Waals surface area contributed by atoms with Crippen molar-refractivity contribution in [2.45, 2.75) is 65.2 Å². The van der Waals surface area contributed by atoms with E-state index in [9.17, 15) is 4.79 Å². The second kappa shape index (κ2) is 4.45. The summed E-state index contributed by atoms with van der Waals surface area (Å²) in [4.78, 5) is 12.3. The molecule has 1 nitrogen and oxygen atoms in total. The van der Waals surface area contributed by atoms with E-state index in [0.29, 0.717) is 11.7 Å². The Balaban J connectivity index is 1.64. The maximum atomic E-state index is 12.3. The lowest BCUT2D eigenvalue weighted by Gasteiger charge is -2.51. The topological polar surface area (TPSA) is 17.1 Å². The van der Waals surface area contributed by atoms with Gasteiger partial charge in [0, 0.05) is 11.8 Å². The standard InChI is InChI=1S/C19H28O/c1-12-3-5-14-13(11-12)4-6-16-15(14)9-10-19(2)17(16)7-8-18(19)20/h4,12,14-17H,3,5-11H2,1-2H3. The third kappa shape index (κ3) is 1.71. The van der Waals surface area contributed by atoms with Crippen molar-refractivity contribution in [3.8, 4) is 0 Å². The first kappa shape index (κ1) is 13.1. The minimum atomic E-state index is 0.0501. The van der Waals surface area contributed by atoms with Gasteiger partial charge >= 0.3 is 0 Å². The molecule has 0 amide bonds. The fourth-order valence-corrected chi connectivity index (χ4v) is 6.24. The second-order valence-corrected chi connectivity index (χ2v) is 8.36. The summed E-state index contributed by atoms with van der Waals surface area (Å²) in [5.41, 5.74) is 1.84. The normalized spacial score (nSPS) is 51.0. The third-order valence-corrected chi connectivity index (χ3v) is 7.40. The number of hydrogen-bond donors (Lipinski definition) is 0. The van der Waals surface area contributed by atoms with Gasteiger partial charge in [-0.15, -0.1) is 0 Å². The molecule has 1 heteroatoms. The van der Waals surface area contributed by atoms with Crippen LogP contribution >= 0.6 is 0 Å². The number of rotatable bonds is 0. The van der Waals surface area contributed by atoms with Gasteiger partial charge in [-0.25, -0.2) is 0 Å². The molecule has 0 bridgehead atoms. The molecule has 6 atom stereocenters. The molecule has 3 saturated carbocycles. The molecule has 0 aromatic rings. The summed E-state index contributed by atoms with van der Waals surface area (Å²) in [5, 5.41) is 0. The quantitative estimate of drug-likeness (QED) is 0.581. The smallest absolute Gasteiger partial charge is 0.139 e. The predicted octanol–water partition coefficient (Wildman–Crippen LogP) is 4.76. The average molecular weight is 272 g/mol. The summed E-state index contributed by atoms with van der Waals surface area (Å²) in [6.45, 7) is 4.70. The van der Waals surface area contributed by atoms with E-state index in [2.05, 4.69) is 19.9 Å². The van der Waals surface area contributed by atoms with Gasteiger partial charge in [0.05, 0.1) is 0 Å². The van der Waals surface area contributed by atoms with Crippen molar-refractivity contribution in [2.75, 3.05) is 0 Å². The SMILES string of the molecule is CC1CCC2C(=CCC3C2CCC2(C)C(=O)CCC32)C1. The highest BCUT2D eigenvalue weighted by atomic mass is 16.1. The minimum Gasteiger partial charge on any atom is -0.299 e. The molecule has 4 rings (SSSR count). The molecule has 0 radical (unpaired) electrons. The van der Waals surface area contributed by atoms with Gasteiger partial charge in [0.25, 0.3) is 0 Å². The van der Waals surface area contributed by atoms with E-state index in [0.717, 1.165) is 30.1 Å². The molecule has 0 N–H and O–H groups in total. The van der Waals surface area contributed by atoms with E-state index in [4.69, 9.17) is 0 Å². The Morgan fingerprint density at radius 3 is 2.85 bits per heavy atom. The fraction of sp³-hybridized carbons (Fsp3) is 0.842. The highest BCUT2D eigenvalue weighted by molar-refractivity contribution is 5.87. The first-order chi connectivity index (χ1) is 9.59. The van der Waals surface area contributed by atoms with Gasteiger partial charge in [-0.3, -0.25) is 4.79 Å². The molecule has 4 aliphatic carbocycles. The zero-order chi connectivity index (χ0) is 13.9. The monoisotopic (exact) mass is 272 g/mol. The maximum Gasteiger partial charge on any atom is 0.139 e. The molecule has 0 aromatic heterocycles. The van der Waals surface area contributed by atoms with Gasteiger partial charge in [0.1, 0.15) is 5.78 Å². The zero-order valence-corrected chi connectivity index (χ0v) is 13.0. The number of Topliss-reactive ketones (excluding diaryl/α,β-unsaturated/α-hetero) is 1. The van der Waals surface area contributed by atoms with Crippen LogP contribution < -0.4 is 0 Å². The minimum absolute atomic E-state index is 0.0501. The number of allylic oxidation sites excluding steroid dienone is 2. The maximum absolute atomic E-state index is 12.3. The Morgan fingerprint density at radius 1 is 1.15 bits per heavy atom. The molecule has 3 fully saturated rings. The van der Waals surface area contributed by atoms with Gasteiger partial charge in [-0.05, 0) is 74.5 Å². The molecular formula is C19H28O. The summed E-state index contributed by atoms with van der Waals surface area (Å²) in [6.07, 6.45) is 12.6. The zero-order valence-electron chi connectivity index (χ0n) is 13.0. The van der Waals surface area contributed by atoms with Crippen molar-refractivity contribution in [1.29, 1.82) is 0 Å². The van der Waals surface area contributed by atoms with E-state index < -0.39 is 0 Å². The summed E-state index contributed by atoms with van der Waals surface area (Å²) in [7, 11) is 0. The lowest BCUT2D eigenvalue weighted by atomic mass is 9.52. The summed E-state index contributed by atoms with van der Waals surface area (Å²) >= 11 is 0. The highest BCUT2D eigenvalue weighted by Crippen LogP contribution is 2.60. The molecule has 6 unspecified atom stereocenters. The Bertz CT molecular complexity index is 462. The molecular weight excluding hydrogens is 244 g/mol. The Kier molecular flexibility index (Phi) is 2.91. The predicted molar refractivity (Wildman–Crippen MR) is 81.3 cm³/mol. The van der Waals surface area contributed by atoms with Crippen LogP contribution in [-0.2, 0) is 4.79 Å². The largest absolute Gasteiger partial charge is 0.299 e. The lowest BCUT2D eigenvalue weighted by molar-refractivity contribution is -0.130. The van der Waals surface area contributed by atoms with Crippen molar-refractivity contribution in [1.82, 2.24) is 0 Å². The Hall–Kier alpha value is -0.590. The van der Waals surface area contributed by atoms with E-state index in [1.807, 2.05) is 0 Å². The van der Waals surface area contributed by atoms with E-state index in [1.54, 1.807) is 5.57 Å². The summed E-state index contributed by atoms with van der Waals surface area (Å²) < 4.78 is 0. The van der Waals surface area contributed by atoms with Gasteiger partial charge in [-0.2, -0.15) is 0 Å². The molecule has 0 heterocycles. The van der Waals surface area contributed by atoms with Crippen molar-refractivity contribution in [3.05, 3.63) is 11.6 Å². The van der Waals surface area contributed by atoms with Crippen molar-refractivity contribution in [3.63, 3.8) is 0 Å². The van der Waals surface area contributed by atoms with Crippen LogP contribution in [0.5, 0.6) is 0 Å². The third-order valence-electron chi connectivity index (χ3n) is 7.40. The van der Waals surface area contributed by atoms with Crippen LogP contribution in [0.2, 0.25) is 0 Å². The first-order valence-electron chi connectivity index (χ1n) is 8.82. The lowest BCUT2D eigenvalue weighted by Crippen LogP contribution is -2.46. The molecule has 0 spiro atoms. The van der Waals surface area contributed by atoms with Crippen molar-refractivity contribution in [2.24, 2.45) is 35.0 Å². The van der Waals surface area contributed by atoms with Gasteiger partial charge in [0.2, 0.25) is 0 Å². The Labute approximate surface area is 123 Å². The number of carbonyl (C=O) groups excluding carboxylic acids is 1. The van der Waals surface area contributed by atoms with Gasteiger partial charge < -0.3 is 0 Å². The highest BCUT2D eigenvalue weighted by Gasteiger charge is 2.55. The van der Waals surface area contributed by atoms with E-state index in [1.165, 1.54) is 44.9 Å². The molecule has 0 aliphatic heterocycles.